The van der Waals surface area contributed by atoms with Crippen LogP contribution in [0, 0.1) is 0 Å². The number of aliphatic imine (C=N–C) groups is 1. The number of hydrogen-bond acceptors (Lipinski definition) is 8. The average molecular weight is 447 g/mol. The fourth-order valence-corrected chi connectivity index (χ4v) is 6.36. The Balaban J connectivity index is 1.46. The van der Waals surface area contributed by atoms with Gasteiger partial charge in [0.2, 0.25) is 0 Å². The maximum absolute atomic E-state index is 12.2. The van der Waals surface area contributed by atoms with E-state index in [0.717, 1.165) is 11.3 Å². The van der Waals surface area contributed by atoms with Crippen molar-refractivity contribution >= 4 is 38.4 Å². The van der Waals surface area contributed by atoms with Crippen molar-refractivity contribution in [2.24, 2.45) is 4.99 Å². The Labute approximate surface area is 180 Å². The van der Waals surface area contributed by atoms with Gasteiger partial charge in [-0.2, -0.15) is 0 Å². The largest absolute Gasteiger partial charge is 0.497 e. The molecule has 4 rings (SSSR count). The number of sulfone groups is 1. The molecular weight excluding hydrogens is 424 g/mol. The van der Waals surface area contributed by atoms with Crippen molar-refractivity contribution in [1.29, 1.82) is 0 Å². The lowest BCUT2D eigenvalue weighted by Crippen LogP contribution is -2.39. The maximum atomic E-state index is 12.2. The van der Waals surface area contributed by atoms with E-state index in [1.165, 1.54) is 11.8 Å². The van der Waals surface area contributed by atoms with Crippen LogP contribution in [0.15, 0.2) is 59.6 Å². The number of rotatable bonds is 6. The second-order valence-corrected chi connectivity index (χ2v) is 10.2. The van der Waals surface area contributed by atoms with Crippen LogP contribution >= 0.6 is 11.8 Å². The highest BCUT2D eigenvalue weighted by Crippen LogP contribution is 2.36. The number of anilines is 1. The first-order valence-corrected chi connectivity index (χ1v) is 12.3. The van der Waals surface area contributed by atoms with Crippen LogP contribution < -0.4 is 9.64 Å². The second-order valence-electron chi connectivity index (χ2n) is 7.13. The summed E-state index contributed by atoms with van der Waals surface area (Å²) < 4.78 is 34.9. The predicted octanol–water partition coefficient (Wildman–Crippen LogP) is 2.51. The molecule has 1 fully saturated rings. The second kappa shape index (κ2) is 8.69. The van der Waals surface area contributed by atoms with Crippen molar-refractivity contribution < 1.29 is 22.7 Å². The predicted molar refractivity (Wildman–Crippen MR) is 118 cm³/mol. The number of methoxy groups -OCH3 is 1. The Morgan fingerprint density at radius 1 is 1.17 bits per heavy atom. The molecule has 2 aliphatic rings. The minimum absolute atomic E-state index is 0.0284. The van der Waals surface area contributed by atoms with Gasteiger partial charge in [0, 0.05) is 11.8 Å². The average Bonchev–Trinajstić information content (AvgIpc) is 3.22. The van der Waals surface area contributed by atoms with Crippen LogP contribution in [0.5, 0.6) is 5.75 Å². The van der Waals surface area contributed by atoms with Crippen LogP contribution in [-0.2, 0) is 26.0 Å². The standard InChI is InChI=1S/C21H22N2O5S2/c1-27-17-9-5-8-16(10-17)23-19-14-30(25,26)13-18(19)22-21(23)29-12-20(24)28-11-15-6-3-2-4-7-15/h2-10,18-19H,11-14H2,1H3. The molecule has 2 heterocycles. The highest BCUT2D eigenvalue weighted by Gasteiger charge is 2.47. The van der Waals surface area contributed by atoms with Crippen LogP contribution in [0.3, 0.4) is 0 Å². The summed E-state index contributed by atoms with van der Waals surface area (Å²) in [6, 6.07) is 16.3. The normalized spacial score (nSPS) is 21.8. The van der Waals surface area contributed by atoms with Crippen molar-refractivity contribution in [3.63, 3.8) is 0 Å². The number of thioether (sulfide) groups is 1. The van der Waals surface area contributed by atoms with Crippen LogP contribution in [0.2, 0.25) is 0 Å². The Morgan fingerprint density at radius 3 is 2.73 bits per heavy atom. The summed E-state index contributed by atoms with van der Waals surface area (Å²) in [4.78, 5) is 18.8. The van der Waals surface area contributed by atoms with Crippen molar-refractivity contribution in [2.75, 3.05) is 29.3 Å². The SMILES string of the molecule is COc1cccc(N2C(SCC(=O)OCc3ccccc3)=NC3CS(=O)(=O)CC32)c1. The molecule has 2 atom stereocenters. The van der Waals surface area contributed by atoms with Gasteiger partial charge in [-0.15, -0.1) is 0 Å². The van der Waals surface area contributed by atoms with Gasteiger partial charge in [-0.25, -0.2) is 8.42 Å². The zero-order valence-electron chi connectivity index (χ0n) is 16.4. The number of esters is 1. The van der Waals surface area contributed by atoms with Gasteiger partial charge in [0.25, 0.3) is 0 Å². The van der Waals surface area contributed by atoms with Crippen molar-refractivity contribution in [1.82, 2.24) is 0 Å². The number of carbonyl (C=O) groups is 1. The van der Waals surface area contributed by atoms with E-state index in [9.17, 15) is 13.2 Å². The van der Waals surface area contributed by atoms with Gasteiger partial charge in [0.15, 0.2) is 15.0 Å². The van der Waals surface area contributed by atoms with E-state index in [2.05, 4.69) is 4.99 Å². The van der Waals surface area contributed by atoms with Crippen LogP contribution in [0.4, 0.5) is 5.69 Å². The highest BCUT2D eigenvalue weighted by molar-refractivity contribution is 8.14. The summed E-state index contributed by atoms with van der Waals surface area (Å²) in [5.41, 5.74) is 1.72. The molecule has 2 aromatic rings. The summed E-state index contributed by atoms with van der Waals surface area (Å²) in [6.07, 6.45) is 0. The molecule has 0 radical (unpaired) electrons. The summed E-state index contributed by atoms with van der Waals surface area (Å²) >= 11 is 1.27. The molecule has 2 aromatic carbocycles. The van der Waals surface area contributed by atoms with E-state index < -0.39 is 9.84 Å². The molecule has 0 spiro atoms. The van der Waals surface area contributed by atoms with E-state index in [-0.39, 0.29) is 41.9 Å². The molecule has 0 aliphatic carbocycles. The molecule has 0 aromatic heterocycles. The summed E-state index contributed by atoms with van der Waals surface area (Å²) in [7, 11) is -1.56. The Bertz CT molecular complexity index is 1060. The Morgan fingerprint density at radius 2 is 1.97 bits per heavy atom. The number of benzene rings is 2. The Kier molecular flexibility index (Phi) is 6.01. The summed E-state index contributed by atoms with van der Waals surface area (Å²) in [6.45, 7) is 0.218. The molecule has 0 bridgehead atoms. The third-order valence-corrected chi connectivity index (χ3v) is 7.64. The lowest BCUT2D eigenvalue weighted by molar-refractivity contribution is -0.141. The molecule has 2 aliphatic heterocycles. The summed E-state index contributed by atoms with van der Waals surface area (Å²) in [5, 5.41) is 0.629. The number of carbonyl (C=O) groups excluding carboxylic acids is 1. The third-order valence-electron chi connectivity index (χ3n) is 5.00. The van der Waals surface area contributed by atoms with E-state index in [1.54, 1.807) is 7.11 Å². The minimum Gasteiger partial charge on any atom is -0.497 e. The highest BCUT2D eigenvalue weighted by atomic mass is 32.2. The maximum Gasteiger partial charge on any atom is 0.316 e. The molecule has 0 amide bonds. The lowest BCUT2D eigenvalue weighted by atomic mass is 10.1. The van der Waals surface area contributed by atoms with E-state index >= 15 is 0 Å². The smallest absolute Gasteiger partial charge is 0.316 e. The van der Waals surface area contributed by atoms with Crippen LogP contribution in [0.1, 0.15) is 5.56 Å². The van der Waals surface area contributed by atoms with Gasteiger partial charge in [-0.1, -0.05) is 48.2 Å². The number of hydrogen-bond donors (Lipinski definition) is 0. The molecule has 1 saturated heterocycles. The molecule has 7 nitrogen and oxygen atoms in total. The minimum atomic E-state index is -3.14. The Hall–Kier alpha value is -2.52. The monoisotopic (exact) mass is 446 g/mol. The molecule has 9 heteroatoms. The zero-order chi connectivity index (χ0) is 21.1. The van der Waals surface area contributed by atoms with Gasteiger partial charge in [-0.3, -0.25) is 9.79 Å². The van der Waals surface area contributed by atoms with Crippen LogP contribution in [-0.4, -0.2) is 56.0 Å². The number of nitrogens with zero attached hydrogens (tertiary/aromatic N) is 2. The van der Waals surface area contributed by atoms with Crippen LogP contribution in [0.25, 0.3) is 0 Å². The molecule has 0 N–H and O–H groups in total. The first-order valence-electron chi connectivity index (χ1n) is 9.49. The number of amidine groups is 1. The first kappa shape index (κ1) is 20.7. The van der Waals surface area contributed by atoms with E-state index in [4.69, 9.17) is 9.47 Å². The zero-order valence-corrected chi connectivity index (χ0v) is 18.1. The van der Waals surface area contributed by atoms with E-state index in [0.29, 0.717) is 10.9 Å². The topological polar surface area (TPSA) is 85.3 Å². The van der Waals surface area contributed by atoms with Gasteiger partial charge >= 0.3 is 5.97 Å². The third kappa shape index (κ3) is 4.62. The summed E-state index contributed by atoms with van der Waals surface area (Å²) in [5.74, 6) is 0.491. The molecule has 0 saturated carbocycles. The molecule has 158 valence electrons. The van der Waals surface area contributed by atoms with Gasteiger partial charge in [0.1, 0.15) is 12.4 Å². The quantitative estimate of drug-likeness (QED) is 0.630. The van der Waals surface area contributed by atoms with Crippen molar-refractivity contribution in [3.8, 4) is 5.75 Å². The number of fused-ring (bicyclic) bond motifs is 1. The first-order chi connectivity index (χ1) is 14.4. The molecular formula is C21H22N2O5S2. The molecule has 30 heavy (non-hydrogen) atoms. The van der Waals surface area contributed by atoms with Gasteiger partial charge in [-0.05, 0) is 17.7 Å². The van der Waals surface area contributed by atoms with Gasteiger partial charge < -0.3 is 14.4 Å². The fraction of sp³-hybridized carbons (Fsp3) is 0.333. The van der Waals surface area contributed by atoms with E-state index in [1.807, 2.05) is 59.5 Å². The molecule has 2 unspecified atom stereocenters. The fourth-order valence-electron chi connectivity index (χ4n) is 3.60. The van der Waals surface area contributed by atoms with Crippen molar-refractivity contribution in [3.05, 3.63) is 60.2 Å². The van der Waals surface area contributed by atoms with Crippen molar-refractivity contribution in [2.45, 2.75) is 18.7 Å². The number of ether oxygens (including phenoxy) is 2. The van der Waals surface area contributed by atoms with Gasteiger partial charge in [0.05, 0.1) is 36.5 Å². The lowest BCUT2D eigenvalue weighted by Gasteiger charge is -2.26.